The van der Waals surface area contributed by atoms with Crippen LogP contribution in [0.4, 0.5) is 0 Å². The fraction of sp³-hybridized carbons (Fsp3) is 0.957. The van der Waals surface area contributed by atoms with Crippen molar-refractivity contribution >= 4 is 5.78 Å². The molecule has 4 saturated carbocycles. The van der Waals surface area contributed by atoms with Gasteiger partial charge in [-0.3, -0.25) is 4.79 Å². The van der Waals surface area contributed by atoms with E-state index in [0.29, 0.717) is 29.5 Å². The van der Waals surface area contributed by atoms with Crippen molar-refractivity contribution in [3.05, 3.63) is 0 Å². The van der Waals surface area contributed by atoms with Crippen LogP contribution in [-0.2, 0) is 9.53 Å². The van der Waals surface area contributed by atoms with Crippen molar-refractivity contribution in [3.8, 4) is 0 Å². The first-order valence-electron chi connectivity index (χ1n) is 11.0. The first-order valence-corrected chi connectivity index (χ1v) is 11.0. The third-order valence-electron chi connectivity index (χ3n) is 9.27. The average molecular weight is 363 g/mol. The number of ether oxygens (including phenoxy) is 1. The highest BCUT2D eigenvalue weighted by Crippen LogP contribution is 2.66. The van der Waals surface area contributed by atoms with E-state index in [2.05, 4.69) is 20.8 Å². The van der Waals surface area contributed by atoms with Gasteiger partial charge in [0.1, 0.15) is 5.78 Å². The summed E-state index contributed by atoms with van der Waals surface area (Å²) in [5.41, 5.74) is 0.232. The molecule has 148 valence electrons. The topological polar surface area (TPSA) is 46.5 Å². The second-order valence-corrected chi connectivity index (χ2v) is 10.9. The predicted octanol–water partition coefficient (Wildman–Crippen LogP) is 4.61. The minimum Gasteiger partial charge on any atom is -0.390 e. The molecule has 26 heavy (non-hydrogen) atoms. The van der Waals surface area contributed by atoms with Crippen molar-refractivity contribution in [2.24, 2.45) is 40.4 Å². The fourth-order valence-electron chi connectivity index (χ4n) is 7.80. The van der Waals surface area contributed by atoms with Crippen molar-refractivity contribution < 1.29 is 14.6 Å². The Morgan fingerprint density at radius 2 is 1.85 bits per heavy atom. The summed E-state index contributed by atoms with van der Waals surface area (Å²) < 4.78 is 6.09. The lowest BCUT2D eigenvalue weighted by atomic mass is 9.44. The standard InChI is InChI=1S/C23H38O3/c1-13(2)26-20-12-23(5)15(10-18(20)24)7-8-16-17-9-6-14(3)22(17,4)11-19(25)21(16)23/h13-18,20-21,24H,6-12H2,1-5H3/t14-,15-,16-,17-,18-,20-,21+,22+,23-/m0/s1. The Morgan fingerprint density at radius 3 is 2.54 bits per heavy atom. The zero-order valence-corrected chi connectivity index (χ0v) is 17.3. The fourth-order valence-corrected chi connectivity index (χ4v) is 7.80. The number of carbonyl (C=O) groups is 1. The number of hydrogen-bond donors (Lipinski definition) is 1. The summed E-state index contributed by atoms with van der Waals surface area (Å²) >= 11 is 0. The van der Waals surface area contributed by atoms with Crippen LogP contribution in [0.15, 0.2) is 0 Å². The van der Waals surface area contributed by atoms with Gasteiger partial charge in [0.05, 0.1) is 18.3 Å². The number of rotatable bonds is 2. The number of aliphatic hydroxyl groups excluding tert-OH is 1. The van der Waals surface area contributed by atoms with Crippen molar-refractivity contribution in [3.63, 3.8) is 0 Å². The molecule has 0 heterocycles. The summed E-state index contributed by atoms with van der Waals surface area (Å²) in [5.74, 6) is 3.13. The zero-order chi connectivity index (χ0) is 18.9. The summed E-state index contributed by atoms with van der Waals surface area (Å²) in [6.45, 7) is 11.2. The largest absolute Gasteiger partial charge is 0.390 e. The second-order valence-electron chi connectivity index (χ2n) is 10.9. The van der Waals surface area contributed by atoms with E-state index in [1.807, 2.05) is 13.8 Å². The van der Waals surface area contributed by atoms with E-state index in [1.54, 1.807) is 0 Å². The normalized spacial score (nSPS) is 54.0. The molecule has 0 saturated heterocycles. The molecular weight excluding hydrogens is 324 g/mol. The molecule has 3 heteroatoms. The van der Waals surface area contributed by atoms with E-state index < -0.39 is 0 Å². The molecule has 4 fully saturated rings. The first kappa shape index (κ1) is 18.9. The van der Waals surface area contributed by atoms with Crippen LogP contribution in [0, 0.1) is 40.4 Å². The van der Waals surface area contributed by atoms with E-state index in [1.165, 1.54) is 25.7 Å². The summed E-state index contributed by atoms with van der Waals surface area (Å²) in [7, 11) is 0. The Balaban J connectivity index is 1.65. The van der Waals surface area contributed by atoms with Crippen LogP contribution < -0.4 is 0 Å². The minimum absolute atomic E-state index is 0.00590. The number of aliphatic hydroxyl groups is 1. The molecule has 4 rings (SSSR count). The highest BCUT2D eigenvalue weighted by atomic mass is 16.5. The van der Waals surface area contributed by atoms with E-state index >= 15 is 0 Å². The van der Waals surface area contributed by atoms with Crippen molar-refractivity contribution in [1.82, 2.24) is 0 Å². The van der Waals surface area contributed by atoms with Gasteiger partial charge in [-0.2, -0.15) is 0 Å². The highest BCUT2D eigenvalue weighted by Gasteiger charge is 2.63. The van der Waals surface area contributed by atoms with Gasteiger partial charge < -0.3 is 9.84 Å². The van der Waals surface area contributed by atoms with Crippen LogP contribution in [0.5, 0.6) is 0 Å². The second kappa shape index (κ2) is 6.30. The molecule has 1 N–H and O–H groups in total. The van der Waals surface area contributed by atoms with Crippen molar-refractivity contribution in [1.29, 1.82) is 0 Å². The Labute approximate surface area is 159 Å². The third kappa shape index (κ3) is 2.64. The zero-order valence-electron chi connectivity index (χ0n) is 17.3. The quantitative estimate of drug-likeness (QED) is 0.780. The van der Waals surface area contributed by atoms with Crippen LogP contribution in [-0.4, -0.2) is 29.2 Å². The van der Waals surface area contributed by atoms with Crippen LogP contribution in [0.2, 0.25) is 0 Å². The van der Waals surface area contributed by atoms with Gasteiger partial charge >= 0.3 is 0 Å². The SMILES string of the molecule is CC(C)O[C@H]1C[C@@]2(C)[C@@H](CC[C@H]3[C@@H]4CC[C@H](C)[C@@]4(C)CC(=O)[C@@H]32)C[C@@H]1O. The highest BCUT2D eigenvalue weighted by molar-refractivity contribution is 5.84. The van der Waals surface area contributed by atoms with Gasteiger partial charge in [-0.25, -0.2) is 0 Å². The van der Waals surface area contributed by atoms with Crippen LogP contribution in [0.3, 0.4) is 0 Å². The molecule has 4 aliphatic carbocycles. The lowest BCUT2D eigenvalue weighted by molar-refractivity contribution is -0.184. The first-order chi connectivity index (χ1) is 12.2. The van der Waals surface area contributed by atoms with Crippen molar-refractivity contribution in [2.75, 3.05) is 0 Å². The third-order valence-corrected chi connectivity index (χ3v) is 9.27. The van der Waals surface area contributed by atoms with E-state index in [-0.39, 0.29) is 35.1 Å². The van der Waals surface area contributed by atoms with Crippen molar-refractivity contribution in [2.45, 2.75) is 97.9 Å². The summed E-state index contributed by atoms with van der Waals surface area (Å²) in [6.07, 6.45) is 7.03. The van der Waals surface area contributed by atoms with E-state index in [0.717, 1.165) is 19.3 Å². The monoisotopic (exact) mass is 362 g/mol. The molecule has 0 unspecified atom stereocenters. The molecule has 0 radical (unpaired) electrons. The Hall–Kier alpha value is -0.410. The maximum atomic E-state index is 13.5. The molecular formula is C23H38O3. The summed E-state index contributed by atoms with van der Waals surface area (Å²) in [4.78, 5) is 13.5. The van der Waals surface area contributed by atoms with Gasteiger partial charge in [0.25, 0.3) is 0 Å². The van der Waals surface area contributed by atoms with Crippen LogP contribution >= 0.6 is 0 Å². The molecule has 0 bridgehead atoms. The number of Topliss-reactive ketones (excluding diaryl/α,β-unsaturated/α-hetero) is 1. The molecule has 0 aromatic heterocycles. The molecule has 9 atom stereocenters. The number of ketones is 1. The maximum Gasteiger partial charge on any atom is 0.137 e. The maximum absolute atomic E-state index is 13.5. The summed E-state index contributed by atoms with van der Waals surface area (Å²) in [6, 6.07) is 0. The average Bonchev–Trinajstić information content (AvgIpc) is 2.83. The van der Waals surface area contributed by atoms with Gasteiger partial charge in [0.2, 0.25) is 0 Å². The lowest BCUT2D eigenvalue weighted by Gasteiger charge is -2.60. The summed E-state index contributed by atoms with van der Waals surface area (Å²) in [5, 5.41) is 10.6. The number of fused-ring (bicyclic) bond motifs is 5. The lowest BCUT2D eigenvalue weighted by Crippen LogP contribution is -2.60. The Kier molecular flexibility index (Phi) is 4.59. The van der Waals surface area contributed by atoms with Gasteiger partial charge in [-0.15, -0.1) is 0 Å². The smallest absolute Gasteiger partial charge is 0.137 e. The van der Waals surface area contributed by atoms with Crippen LogP contribution in [0.1, 0.15) is 79.6 Å². The molecule has 0 aliphatic heterocycles. The van der Waals surface area contributed by atoms with E-state index in [4.69, 9.17) is 4.74 Å². The van der Waals surface area contributed by atoms with Gasteiger partial charge in [0.15, 0.2) is 0 Å². The molecule has 0 amide bonds. The van der Waals surface area contributed by atoms with E-state index in [9.17, 15) is 9.90 Å². The molecule has 0 spiro atoms. The number of carbonyl (C=O) groups excluding carboxylic acids is 1. The van der Waals surface area contributed by atoms with Gasteiger partial charge in [0, 0.05) is 12.3 Å². The van der Waals surface area contributed by atoms with Gasteiger partial charge in [-0.1, -0.05) is 20.8 Å². The molecule has 0 aromatic carbocycles. The van der Waals surface area contributed by atoms with Gasteiger partial charge in [-0.05, 0) is 86.9 Å². The Morgan fingerprint density at radius 1 is 1.12 bits per heavy atom. The Bertz CT molecular complexity index is 572. The molecule has 0 aromatic rings. The predicted molar refractivity (Wildman–Crippen MR) is 103 cm³/mol. The molecule has 3 nitrogen and oxygen atoms in total. The number of hydrogen-bond acceptors (Lipinski definition) is 3. The molecule has 4 aliphatic rings. The van der Waals surface area contributed by atoms with Crippen LogP contribution in [0.25, 0.3) is 0 Å². The minimum atomic E-state index is -0.373.